The number of nitrogen functional groups attached to an aromatic ring is 1. The van der Waals surface area contributed by atoms with Crippen LogP contribution in [0.2, 0.25) is 0 Å². The third kappa shape index (κ3) is 2.49. The van der Waals surface area contributed by atoms with Gasteiger partial charge in [-0.05, 0) is 29.4 Å². The summed E-state index contributed by atoms with van der Waals surface area (Å²) < 4.78 is 2.77. The molecule has 0 aliphatic carbocycles. The summed E-state index contributed by atoms with van der Waals surface area (Å²) >= 11 is 0. The molecule has 0 amide bonds. The fourth-order valence-electron chi connectivity index (χ4n) is 1.70. The van der Waals surface area contributed by atoms with Gasteiger partial charge in [0.15, 0.2) is 0 Å². The predicted octanol–water partition coefficient (Wildman–Crippen LogP) is 0.298. The molecule has 0 spiro atoms. The Kier molecular flexibility index (Phi) is 3.11. The first-order valence-corrected chi connectivity index (χ1v) is 5.46. The number of hydrogen-bond acceptors (Lipinski definition) is 3. The summed E-state index contributed by atoms with van der Waals surface area (Å²) in [5.41, 5.74) is 17.6. The summed E-state index contributed by atoms with van der Waals surface area (Å²) in [6.07, 6.45) is 0. The molecule has 1 aromatic heterocycles. The van der Waals surface area contributed by atoms with E-state index in [-0.39, 0.29) is 11.8 Å². The predicted molar refractivity (Wildman–Crippen MR) is 74.7 cm³/mol. The summed E-state index contributed by atoms with van der Waals surface area (Å²) in [6, 6.07) is 10.2. The van der Waals surface area contributed by atoms with E-state index in [0.29, 0.717) is 17.2 Å². The molecule has 19 heavy (non-hydrogen) atoms. The van der Waals surface area contributed by atoms with Gasteiger partial charge in [0, 0.05) is 17.8 Å². The van der Waals surface area contributed by atoms with E-state index in [0.717, 1.165) is 0 Å². The van der Waals surface area contributed by atoms with E-state index in [4.69, 9.17) is 17.2 Å². The quantitative estimate of drug-likeness (QED) is 0.208. The Hall–Kier alpha value is -2.96. The van der Waals surface area contributed by atoms with E-state index in [1.807, 2.05) is 0 Å². The Morgan fingerprint density at radius 2 is 1.79 bits per heavy atom. The topological polar surface area (TPSA) is 119 Å². The number of aromatic nitrogens is 1. The minimum atomic E-state index is -0.125. The molecule has 0 saturated heterocycles. The average Bonchev–Trinajstić information content (AvgIpc) is 2.71. The van der Waals surface area contributed by atoms with Crippen LogP contribution in [0.5, 0.6) is 5.88 Å². The summed E-state index contributed by atoms with van der Waals surface area (Å²) in [5, 5.41) is 13.7. The van der Waals surface area contributed by atoms with E-state index in [9.17, 15) is 5.11 Å². The number of nitrogens with zero attached hydrogens (tertiary/aromatic N) is 3. The molecule has 0 saturated carbocycles. The van der Waals surface area contributed by atoms with Crippen LogP contribution in [0, 0.1) is 0 Å². The molecule has 0 bridgehead atoms. The van der Waals surface area contributed by atoms with Crippen molar-refractivity contribution in [1.29, 1.82) is 0 Å². The van der Waals surface area contributed by atoms with Gasteiger partial charge >= 0.3 is 5.82 Å². The molecule has 7 nitrogen and oxygen atoms in total. The van der Waals surface area contributed by atoms with Gasteiger partial charge in [0.2, 0.25) is 5.96 Å². The van der Waals surface area contributed by atoms with Crippen molar-refractivity contribution in [3.8, 4) is 11.6 Å². The molecule has 0 aliphatic heterocycles. The van der Waals surface area contributed by atoms with E-state index in [2.05, 4.69) is 11.8 Å². The third-order valence-electron chi connectivity index (χ3n) is 2.49. The number of nitrogens with two attached hydrogens (primary N) is 3. The maximum absolute atomic E-state index is 9.90. The molecule has 0 radical (unpaired) electrons. The minimum absolute atomic E-state index is 0.0409. The molecule has 7 N–H and O–H groups in total. The summed E-state index contributed by atoms with van der Waals surface area (Å²) in [6.45, 7) is 3.69. The molecule has 2 aromatic rings. The second-order valence-corrected chi connectivity index (χ2v) is 3.90. The number of guanidine groups is 1. The molecule has 0 atom stereocenters. The van der Waals surface area contributed by atoms with Gasteiger partial charge < -0.3 is 22.3 Å². The van der Waals surface area contributed by atoms with Crippen molar-refractivity contribution in [3.05, 3.63) is 36.4 Å². The van der Waals surface area contributed by atoms with Crippen molar-refractivity contribution < 1.29 is 9.79 Å². The molecular formula is C12H15N6O+. The third-order valence-corrected chi connectivity index (χ3v) is 2.49. The molecule has 7 heteroatoms. The maximum atomic E-state index is 9.90. The van der Waals surface area contributed by atoms with Gasteiger partial charge in [0.1, 0.15) is 5.69 Å². The highest BCUT2D eigenvalue weighted by atomic mass is 16.3. The highest BCUT2D eigenvalue weighted by Gasteiger charge is 2.20. The van der Waals surface area contributed by atoms with Crippen LogP contribution in [0.25, 0.3) is 5.69 Å². The molecule has 0 fully saturated rings. The van der Waals surface area contributed by atoms with Crippen molar-refractivity contribution in [2.75, 3.05) is 5.73 Å². The first kappa shape index (κ1) is 12.5. The lowest BCUT2D eigenvalue weighted by atomic mass is 10.3. The number of rotatable bonds is 3. The zero-order valence-corrected chi connectivity index (χ0v) is 10.2. The SMILES string of the molecule is C=[N+](N=C(N)N)c1ccc(O)n1-c1ccc(N)cc1. The first-order valence-electron chi connectivity index (χ1n) is 5.46. The van der Waals surface area contributed by atoms with Crippen LogP contribution < -0.4 is 17.2 Å². The first-order chi connectivity index (χ1) is 8.99. The fourth-order valence-corrected chi connectivity index (χ4v) is 1.70. The van der Waals surface area contributed by atoms with Crippen molar-refractivity contribution in [1.82, 2.24) is 4.57 Å². The molecule has 1 heterocycles. The van der Waals surface area contributed by atoms with E-state index in [1.165, 1.54) is 10.8 Å². The Bertz CT molecular complexity index is 637. The number of benzene rings is 1. The highest BCUT2D eigenvalue weighted by Crippen LogP contribution is 2.27. The van der Waals surface area contributed by atoms with Crippen molar-refractivity contribution in [3.63, 3.8) is 0 Å². The Morgan fingerprint density at radius 1 is 1.16 bits per heavy atom. The monoisotopic (exact) mass is 259 g/mol. The lowest BCUT2D eigenvalue weighted by Crippen LogP contribution is -2.24. The normalized spacial score (nSPS) is 10.1. The zero-order valence-electron chi connectivity index (χ0n) is 10.2. The van der Waals surface area contributed by atoms with Gasteiger partial charge in [0.25, 0.3) is 5.88 Å². The molecular weight excluding hydrogens is 244 g/mol. The van der Waals surface area contributed by atoms with Gasteiger partial charge in [-0.1, -0.05) is 0 Å². The fraction of sp³-hybridized carbons (Fsp3) is 0. The molecule has 0 unspecified atom stereocenters. The Balaban J connectivity index is 2.52. The Morgan fingerprint density at radius 3 is 2.37 bits per heavy atom. The van der Waals surface area contributed by atoms with Crippen LogP contribution in [0.1, 0.15) is 0 Å². The molecule has 1 aromatic carbocycles. The van der Waals surface area contributed by atoms with Gasteiger partial charge in [-0.15, -0.1) is 4.68 Å². The largest absolute Gasteiger partial charge is 0.477 e. The van der Waals surface area contributed by atoms with Gasteiger partial charge in [0.05, 0.1) is 6.72 Å². The molecule has 98 valence electrons. The summed E-state index contributed by atoms with van der Waals surface area (Å²) in [4.78, 5) is 0. The lowest BCUT2D eigenvalue weighted by Gasteiger charge is -2.03. The lowest BCUT2D eigenvalue weighted by molar-refractivity contribution is -0.441. The number of aromatic hydroxyl groups is 1. The second kappa shape index (κ2) is 4.73. The van der Waals surface area contributed by atoms with Crippen LogP contribution in [-0.4, -0.2) is 27.0 Å². The van der Waals surface area contributed by atoms with Crippen LogP contribution in [-0.2, 0) is 0 Å². The van der Waals surface area contributed by atoms with Gasteiger partial charge in [-0.2, -0.15) is 4.57 Å². The van der Waals surface area contributed by atoms with Crippen LogP contribution >= 0.6 is 0 Å². The number of hydrazone groups is 1. The van der Waals surface area contributed by atoms with E-state index in [1.54, 1.807) is 34.9 Å². The minimum Gasteiger partial charge on any atom is -0.477 e. The smallest absolute Gasteiger partial charge is 0.314 e. The summed E-state index contributed by atoms with van der Waals surface area (Å²) in [5.74, 6) is 0.425. The average molecular weight is 259 g/mol. The van der Waals surface area contributed by atoms with Crippen LogP contribution in [0.3, 0.4) is 0 Å². The standard InChI is InChI=1S/C12H14N6O/c1-17(16-12(14)15)10-6-7-11(19)18(10)9-4-2-8(13)3-5-9/h2-7H,1,13H2,(H4-,14,15,16,19)/p+1. The second-order valence-electron chi connectivity index (χ2n) is 3.90. The highest BCUT2D eigenvalue weighted by molar-refractivity contribution is 5.75. The van der Waals surface area contributed by atoms with E-state index < -0.39 is 0 Å². The van der Waals surface area contributed by atoms with Crippen molar-refractivity contribution in [2.45, 2.75) is 0 Å². The van der Waals surface area contributed by atoms with Crippen molar-refractivity contribution >= 4 is 24.2 Å². The van der Waals surface area contributed by atoms with Gasteiger partial charge in [-0.3, -0.25) is 0 Å². The van der Waals surface area contributed by atoms with Crippen molar-refractivity contribution in [2.24, 2.45) is 16.6 Å². The summed E-state index contributed by atoms with van der Waals surface area (Å²) in [7, 11) is 0. The maximum Gasteiger partial charge on any atom is 0.314 e. The molecule has 0 aliphatic rings. The van der Waals surface area contributed by atoms with Crippen LogP contribution in [0.4, 0.5) is 11.5 Å². The number of anilines is 1. The van der Waals surface area contributed by atoms with Gasteiger partial charge in [-0.25, -0.2) is 0 Å². The van der Waals surface area contributed by atoms with Crippen LogP contribution in [0.15, 0.2) is 41.5 Å². The Labute approximate surface area is 109 Å². The molecule has 2 rings (SSSR count). The zero-order chi connectivity index (χ0) is 14.0. The van der Waals surface area contributed by atoms with E-state index >= 15 is 0 Å². The number of hydrogen-bond donors (Lipinski definition) is 4.